The van der Waals surface area contributed by atoms with E-state index in [1.807, 2.05) is 34.1 Å². The number of aromatic hydroxyl groups is 1. The second-order valence-electron chi connectivity index (χ2n) is 19.0. The summed E-state index contributed by atoms with van der Waals surface area (Å²) in [5.41, 5.74) is 2.28. The molecule has 77 heavy (non-hydrogen) atoms. The van der Waals surface area contributed by atoms with E-state index in [1.165, 1.54) is 18.2 Å². The molecule has 10 rings (SSSR count). The Morgan fingerprint density at radius 2 is 1.38 bits per heavy atom. The third-order valence-corrected chi connectivity index (χ3v) is 14.4. The minimum Gasteiger partial charge on any atom is -0.508 e. The zero-order valence-corrected chi connectivity index (χ0v) is 43.2. The number of aryl methyl sites for hydroxylation is 1. The summed E-state index contributed by atoms with van der Waals surface area (Å²) < 4.78 is 74.4. The van der Waals surface area contributed by atoms with Gasteiger partial charge in [0, 0.05) is 110 Å². The molecule has 0 radical (unpaired) electrons. The molecule has 2 aliphatic rings. The summed E-state index contributed by atoms with van der Waals surface area (Å²) in [5, 5.41) is 25.7. The predicted octanol–water partition coefficient (Wildman–Crippen LogP) is 9.59. The normalized spacial score (nSPS) is 14.4. The number of alkyl halides is 3. The van der Waals surface area contributed by atoms with Gasteiger partial charge in [0.2, 0.25) is 17.8 Å². The van der Waals surface area contributed by atoms with Crippen LogP contribution in [0.15, 0.2) is 91.7 Å². The topological polar surface area (TPSA) is 175 Å². The highest BCUT2D eigenvalue weighted by molar-refractivity contribution is 6.35. The Kier molecular flexibility index (Phi) is 14.5. The highest BCUT2D eigenvalue weighted by Gasteiger charge is 2.32. The largest absolute Gasteiger partial charge is 0.508 e. The molecular formula is C54H50Cl2F5N13O3. The number of phenolic OH excluding ortho intramolecular Hbond substituents is 1. The van der Waals surface area contributed by atoms with Crippen molar-refractivity contribution in [3.05, 3.63) is 119 Å². The fourth-order valence-corrected chi connectivity index (χ4v) is 10.6. The Hall–Kier alpha value is -7.88. The smallest absolute Gasteiger partial charge is 0.405 e. The number of carbonyl (C=O) groups is 2. The Balaban J connectivity index is 0.838. The number of rotatable bonds is 14. The lowest BCUT2D eigenvalue weighted by atomic mass is 9.95. The number of aromatic nitrogens is 6. The molecule has 2 aliphatic heterocycles. The van der Waals surface area contributed by atoms with Crippen molar-refractivity contribution in [2.45, 2.75) is 13.1 Å². The van der Waals surface area contributed by atoms with Gasteiger partial charge in [-0.15, -0.1) is 0 Å². The second kappa shape index (κ2) is 21.3. The molecule has 23 heteroatoms. The van der Waals surface area contributed by atoms with E-state index >= 15 is 8.78 Å². The maximum Gasteiger partial charge on any atom is 0.405 e. The first-order valence-corrected chi connectivity index (χ1v) is 25.3. The minimum atomic E-state index is -4.62. The fraction of sp³-hybridized carbons (Fsp3) is 0.278. The average molecular weight is 1090 g/mol. The minimum absolute atomic E-state index is 0.00701. The van der Waals surface area contributed by atoms with E-state index in [2.05, 4.69) is 48.9 Å². The number of halogens is 7. The van der Waals surface area contributed by atoms with Gasteiger partial charge in [-0.3, -0.25) is 14.7 Å². The van der Waals surface area contributed by atoms with Crippen LogP contribution in [0.25, 0.3) is 65.7 Å². The third kappa shape index (κ3) is 10.5. The number of carbonyl (C=O) groups excluding carboxylic acids is 2. The lowest BCUT2D eigenvalue weighted by Gasteiger charge is -2.36. The van der Waals surface area contributed by atoms with Gasteiger partial charge in [0.1, 0.15) is 35.0 Å². The monoisotopic (exact) mass is 1090 g/mol. The third-order valence-electron chi connectivity index (χ3n) is 13.8. The summed E-state index contributed by atoms with van der Waals surface area (Å²) in [6.07, 6.45) is -1.81. The van der Waals surface area contributed by atoms with Gasteiger partial charge in [0.25, 0.3) is 5.91 Å². The number of piperazine rings is 2. The zero-order chi connectivity index (χ0) is 54.4. The van der Waals surface area contributed by atoms with Gasteiger partial charge in [-0.1, -0.05) is 66.7 Å². The molecule has 2 fully saturated rings. The molecule has 3 aromatic heterocycles. The quantitative estimate of drug-likeness (QED) is 0.0599. The van der Waals surface area contributed by atoms with Crippen LogP contribution in [-0.4, -0.2) is 154 Å². The molecule has 2 amide bonds. The number of anilines is 4. The van der Waals surface area contributed by atoms with Crippen LogP contribution in [0.3, 0.4) is 0 Å². The number of benzene rings is 5. The Bertz CT molecular complexity index is 3670. The van der Waals surface area contributed by atoms with Crippen molar-refractivity contribution in [1.82, 2.24) is 44.8 Å². The van der Waals surface area contributed by atoms with Gasteiger partial charge in [-0.25, -0.2) is 18.7 Å². The molecule has 0 spiro atoms. The van der Waals surface area contributed by atoms with Crippen molar-refractivity contribution in [1.29, 1.82) is 0 Å². The van der Waals surface area contributed by atoms with Gasteiger partial charge in [-0.2, -0.15) is 28.2 Å². The Labute approximate surface area is 447 Å². The van der Waals surface area contributed by atoms with Gasteiger partial charge < -0.3 is 40.2 Å². The van der Waals surface area contributed by atoms with Crippen molar-refractivity contribution < 1.29 is 36.6 Å². The first-order valence-electron chi connectivity index (χ1n) is 24.5. The van der Waals surface area contributed by atoms with Crippen LogP contribution in [0.1, 0.15) is 5.56 Å². The van der Waals surface area contributed by atoms with E-state index in [9.17, 15) is 27.9 Å². The number of hydrogen-bond acceptors (Lipinski definition) is 13. The van der Waals surface area contributed by atoms with Crippen molar-refractivity contribution in [2.24, 2.45) is 0 Å². The van der Waals surface area contributed by atoms with Crippen molar-refractivity contribution in [3.8, 4) is 28.0 Å². The molecule has 0 bridgehead atoms. The molecule has 0 unspecified atom stereocenters. The SMILES string of the molecule is C=CC(=O)N1CCN(c2nc(NCCN(C)CC(=C)C(=O)N3CCN(c4nc(NCC(F)(F)F)nc5c(F)c(-c6c(C)ccc7[nH]ncc67)c(Cl)cc45)CC3)nc3c(F)c(-c4cc(O)cc5ccccc45)c(Cl)cc23)CC1. The van der Waals surface area contributed by atoms with E-state index in [4.69, 9.17) is 28.2 Å². The number of fused-ring (bicyclic) bond motifs is 4. The number of phenols is 1. The molecule has 0 saturated carbocycles. The molecule has 2 saturated heterocycles. The van der Waals surface area contributed by atoms with Crippen LogP contribution in [0.4, 0.5) is 45.5 Å². The van der Waals surface area contributed by atoms with Crippen LogP contribution in [0, 0.1) is 18.6 Å². The van der Waals surface area contributed by atoms with Crippen LogP contribution >= 0.6 is 23.2 Å². The van der Waals surface area contributed by atoms with E-state index in [0.29, 0.717) is 87.9 Å². The van der Waals surface area contributed by atoms with E-state index < -0.39 is 30.3 Å². The van der Waals surface area contributed by atoms with Gasteiger partial charge in [0.05, 0.1) is 21.8 Å². The van der Waals surface area contributed by atoms with Gasteiger partial charge in [-0.05, 0) is 72.3 Å². The maximum absolute atomic E-state index is 17.1. The lowest BCUT2D eigenvalue weighted by Crippen LogP contribution is -2.50. The van der Waals surface area contributed by atoms with Gasteiger partial charge >= 0.3 is 6.18 Å². The molecular weight excluding hydrogens is 1040 g/mol. The number of likely N-dealkylation sites (N-methyl/N-ethyl adjacent to an activating group) is 1. The molecule has 8 aromatic rings. The zero-order valence-electron chi connectivity index (χ0n) is 41.7. The van der Waals surface area contributed by atoms with Crippen LogP contribution in [-0.2, 0) is 9.59 Å². The average Bonchev–Trinajstić information content (AvgIpc) is 3.96. The standard InChI is InChI=1S/C54H50Cl2F5N13O3/c1-5-41(76)71-14-16-72(17-15-71)49-35-24-38(55)43(34-23-32(75)22-31-8-6-7-9-33(31)34)45(57)47(35)65-52(67-49)62-12-13-70(4)27-30(3)51(77)74-20-18-73(19-21-74)50-36-25-39(56)44(42-29(2)10-11-40-37(42)26-64-69-40)46(58)48(36)66-53(68-50)63-28-54(59,60)61/h5-11,22-26,75H,1,3,12-21,27-28H2,2,4H3,(H,64,69)(H,62,65,67)(H,63,66,68). The highest BCUT2D eigenvalue weighted by Crippen LogP contribution is 2.44. The molecule has 0 atom stereocenters. The number of nitrogens with zero attached hydrogens (tertiary/aromatic N) is 10. The number of H-pyrrole nitrogens is 1. The highest BCUT2D eigenvalue weighted by atomic mass is 35.5. The predicted molar refractivity (Wildman–Crippen MR) is 291 cm³/mol. The number of nitrogens with one attached hydrogen (secondary N) is 3. The second-order valence-corrected chi connectivity index (χ2v) is 19.8. The van der Waals surface area contributed by atoms with Gasteiger partial charge in [0.15, 0.2) is 11.6 Å². The molecule has 16 nitrogen and oxygen atoms in total. The Morgan fingerprint density at radius 3 is 2.01 bits per heavy atom. The summed E-state index contributed by atoms with van der Waals surface area (Å²) in [6.45, 7) is 11.1. The maximum atomic E-state index is 17.1. The molecule has 5 heterocycles. The van der Waals surface area contributed by atoms with Crippen LogP contribution in [0.5, 0.6) is 5.75 Å². The Morgan fingerprint density at radius 1 is 0.779 bits per heavy atom. The number of aromatic amines is 1. The summed E-state index contributed by atoms with van der Waals surface area (Å²) in [5.74, 6) is -1.88. The van der Waals surface area contributed by atoms with E-state index in [0.717, 1.165) is 0 Å². The van der Waals surface area contributed by atoms with Crippen LogP contribution < -0.4 is 20.4 Å². The molecule has 5 aromatic carbocycles. The fourth-order valence-electron chi connectivity index (χ4n) is 10.1. The van der Waals surface area contributed by atoms with Crippen molar-refractivity contribution in [2.75, 3.05) is 106 Å². The molecule has 0 aliphatic carbocycles. The van der Waals surface area contributed by atoms with Crippen LogP contribution in [0.2, 0.25) is 10.0 Å². The van der Waals surface area contributed by atoms with E-state index in [1.54, 1.807) is 59.1 Å². The summed E-state index contributed by atoms with van der Waals surface area (Å²) in [6, 6.07) is 17.0. The van der Waals surface area contributed by atoms with E-state index in [-0.39, 0.29) is 106 Å². The summed E-state index contributed by atoms with van der Waals surface area (Å²) >= 11 is 13.8. The first-order chi connectivity index (χ1) is 36.9. The first kappa shape index (κ1) is 52.6. The number of amides is 2. The lowest BCUT2D eigenvalue weighted by molar-refractivity contribution is -0.128. The summed E-state index contributed by atoms with van der Waals surface area (Å²) in [4.78, 5) is 53.3. The van der Waals surface area contributed by atoms with Crippen molar-refractivity contribution in [3.63, 3.8) is 0 Å². The molecule has 398 valence electrons. The molecule has 4 N–H and O–H groups in total. The number of hydrogen-bond donors (Lipinski definition) is 4. The summed E-state index contributed by atoms with van der Waals surface area (Å²) in [7, 11) is 1.81. The van der Waals surface area contributed by atoms with Crippen molar-refractivity contribution >= 4 is 102 Å².